The third-order valence-electron chi connectivity index (χ3n) is 2.31. The molecule has 0 aliphatic rings. The van der Waals surface area contributed by atoms with Crippen molar-refractivity contribution >= 4 is 0 Å². The van der Waals surface area contributed by atoms with Gasteiger partial charge in [0.2, 0.25) is 0 Å². The molecule has 0 aromatic heterocycles. The number of hydrogen-bond acceptors (Lipinski definition) is 2. The van der Waals surface area contributed by atoms with E-state index in [1.165, 1.54) is 44.9 Å². The van der Waals surface area contributed by atoms with Gasteiger partial charge in [-0.05, 0) is 6.42 Å². The lowest BCUT2D eigenvalue weighted by atomic mass is 10.1. The Kier molecular flexibility index (Phi) is 12.0. The van der Waals surface area contributed by atoms with E-state index in [1.807, 2.05) is 6.07 Å². The van der Waals surface area contributed by atoms with Crippen LogP contribution in [0.4, 0.5) is 0 Å². The topological polar surface area (TPSA) is 33.0 Å². The van der Waals surface area contributed by atoms with Gasteiger partial charge >= 0.3 is 0 Å². The predicted octanol–water partition coefficient (Wildman–Crippen LogP) is 3.67. The van der Waals surface area contributed by atoms with E-state index in [0.717, 1.165) is 13.0 Å². The Bertz CT molecular complexity index is 140. The summed E-state index contributed by atoms with van der Waals surface area (Å²) in [6.07, 6.45) is 10.5. The molecule has 0 rings (SSSR count). The van der Waals surface area contributed by atoms with Gasteiger partial charge in [0.25, 0.3) is 0 Å². The van der Waals surface area contributed by atoms with Crippen LogP contribution < -0.4 is 0 Å². The molecule has 0 bridgehead atoms. The van der Waals surface area contributed by atoms with Gasteiger partial charge in [-0.15, -0.1) is 0 Å². The predicted molar refractivity (Wildman–Crippen MR) is 59.0 cm³/mol. The van der Waals surface area contributed by atoms with Gasteiger partial charge in [0.05, 0.1) is 6.07 Å². The monoisotopic (exact) mass is 197 g/mol. The van der Waals surface area contributed by atoms with Crippen LogP contribution in [0.15, 0.2) is 0 Å². The minimum absolute atomic E-state index is 0.247. The van der Waals surface area contributed by atoms with Crippen LogP contribution in [0.1, 0.15) is 58.3 Å². The van der Waals surface area contributed by atoms with Gasteiger partial charge in [-0.1, -0.05) is 51.9 Å². The SMILES string of the molecule is CCCCCCCCCCOCC#N. The average molecular weight is 197 g/mol. The summed E-state index contributed by atoms with van der Waals surface area (Å²) in [6, 6.07) is 1.97. The second-order valence-electron chi connectivity index (χ2n) is 3.69. The average Bonchev–Trinajstić information content (AvgIpc) is 2.21. The first-order chi connectivity index (χ1) is 6.91. The number of hydrogen-bond donors (Lipinski definition) is 0. The van der Waals surface area contributed by atoms with Crippen LogP contribution in [0.25, 0.3) is 0 Å². The standard InChI is InChI=1S/C12H23NO/c1-2-3-4-5-6-7-8-9-11-14-12-10-13/h2-9,11-12H2,1H3. The summed E-state index contributed by atoms with van der Waals surface area (Å²) >= 11 is 0. The van der Waals surface area contributed by atoms with Crippen LogP contribution in [-0.4, -0.2) is 13.2 Å². The lowest BCUT2D eigenvalue weighted by molar-refractivity contribution is 0.160. The van der Waals surface area contributed by atoms with E-state index in [0.29, 0.717) is 0 Å². The molecule has 0 fully saturated rings. The zero-order valence-electron chi connectivity index (χ0n) is 9.43. The van der Waals surface area contributed by atoms with Gasteiger partial charge in [0.1, 0.15) is 6.61 Å². The second-order valence-corrected chi connectivity index (χ2v) is 3.69. The molecule has 0 amide bonds. The van der Waals surface area contributed by atoms with E-state index in [-0.39, 0.29) is 6.61 Å². The van der Waals surface area contributed by atoms with Gasteiger partial charge < -0.3 is 4.74 Å². The van der Waals surface area contributed by atoms with Crippen molar-refractivity contribution in [1.82, 2.24) is 0 Å². The molecule has 0 aromatic carbocycles. The fraction of sp³-hybridized carbons (Fsp3) is 0.917. The number of nitriles is 1. The first-order valence-electron chi connectivity index (χ1n) is 5.86. The van der Waals surface area contributed by atoms with Crippen LogP contribution in [0, 0.1) is 11.3 Å². The maximum atomic E-state index is 8.21. The minimum Gasteiger partial charge on any atom is -0.367 e. The molecule has 82 valence electrons. The second kappa shape index (κ2) is 12.4. The Labute approximate surface area is 88.3 Å². The third kappa shape index (κ3) is 11.4. The van der Waals surface area contributed by atoms with E-state index in [2.05, 4.69) is 6.92 Å². The Morgan fingerprint density at radius 2 is 1.50 bits per heavy atom. The van der Waals surface area contributed by atoms with Crippen molar-refractivity contribution < 1.29 is 4.74 Å². The molecule has 0 unspecified atom stereocenters. The van der Waals surface area contributed by atoms with Gasteiger partial charge in [0.15, 0.2) is 0 Å². The Hall–Kier alpha value is -0.550. The Morgan fingerprint density at radius 1 is 0.929 bits per heavy atom. The van der Waals surface area contributed by atoms with Crippen molar-refractivity contribution in [1.29, 1.82) is 5.26 Å². The summed E-state index contributed by atoms with van der Waals surface area (Å²) in [5.74, 6) is 0. The molecule has 2 nitrogen and oxygen atoms in total. The van der Waals surface area contributed by atoms with Crippen molar-refractivity contribution in [2.24, 2.45) is 0 Å². The molecule has 0 saturated carbocycles. The highest BCUT2D eigenvalue weighted by atomic mass is 16.5. The number of nitrogens with zero attached hydrogens (tertiary/aromatic N) is 1. The highest BCUT2D eigenvalue weighted by molar-refractivity contribution is 4.66. The highest BCUT2D eigenvalue weighted by Gasteiger charge is 1.91. The van der Waals surface area contributed by atoms with Crippen LogP contribution >= 0.6 is 0 Å². The van der Waals surface area contributed by atoms with E-state index < -0.39 is 0 Å². The molecule has 14 heavy (non-hydrogen) atoms. The summed E-state index contributed by atoms with van der Waals surface area (Å²) in [4.78, 5) is 0. The smallest absolute Gasteiger partial charge is 0.133 e. The van der Waals surface area contributed by atoms with E-state index in [1.54, 1.807) is 0 Å². The summed E-state index contributed by atoms with van der Waals surface area (Å²) in [6.45, 7) is 3.24. The fourth-order valence-corrected chi connectivity index (χ4v) is 1.46. The van der Waals surface area contributed by atoms with Crippen molar-refractivity contribution in [2.45, 2.75) is 58.3 Å². The van der Waals surface area contributed by atoms with Crippen LogP contribution in [-0.2, 0) is 4.74 Å². The largest absolute Gasteiger partial charge is 0.367 e. The number of rotatable bonds is 10. The van der Waals surface area contributed by atoms with Crippen molar-refractivity contribution in [2.75, 3.05) is 13.2 Å². The summed E-state index contributed by atoms with van der Waals surface area (Å²) in [5, 5.41) is 8.21. The van der Waals surface area contributed by atoms with E-state index in [9.17, 15) is 0 Å². The van der Waals surface area contributed by atoms with Crippen molar-refractivity contribution in [3.05, 3.63) is 0 Å². The lowest BCUT2D eigenvalue weighted by Crippen LogP contribution is -1.94. The molecule has 0 saturated heterocycles. The lowest BCUT2D eigenvalue weighted by Gasteiger charge is -2.01. The quantitative estimate of drug-likeness (QED) is 0.501. The van der Waals surface area contributed by atoms with Crippen LogP contribution in [0.5, 0.6) is 0 Å². The molecule has 0 aliphatic carbocycles. The van der Waals surface area contributed by atoms with Crippen molar-refractivity contribution in [3.8, 4) is 6.07 Å². The molecule has 2 heteroatoms. The summed E-state index contributed by atoms with van der Waals surface area (Å²) < 4.78 is 5.07. The van der Waals surface area contributed by atoms with Gasteiger partial charge in [0, 0.05) is 6.61 Å². The minimum atomic E-state index is 0.247. The Balaban J connectivity index is 2.82. The van der Waals surface area contributed by atoms with Gasteiger partial charge in [-0.3, -0.25) is 0 Å². The maximum absolute atomic E-state index is 8.21. The molecule has 0 radical (unpaired) electrons. The van der Waals surface area contributed by atoms with Crippen molar-refractivity contribution in [3.63, 3.8) is 0 Å². The number of ether oxygens (including phenoxy) is 1. The normalized spacial score (nSPS) is 10.0. The summed E-state index contributed by atoms with van der Waals surface area (Å²) in [5.41, 5.74) is 0. The van der Waals surface area contributed by atoms with Crippen LogP contribution in [0.3, 0.4) is 0 Å². The first-order valence-corrected chi connectivity index (χ1v) is 5.86. The third-order valence-corrected chi connectivity index (χ3v) is 2.31. The molecule has 0 aliphatic heterocycles. The molecular formula is C12H23NO. The molecular weight excluding hydrogens is 174 g/mol. The van der Waals surface area contributed by atoms with E-state index >= 15 is 0 Å². The molecule has 0 atom stereocenters. The maximum Gasteiger partial charge on any atom is 0.133 e. The fourth-order valence-electron chi connectivity index (χ4n) is 1.46. The van der Waals surface area contributed by atoms with Crippen LogP contribution in [0.2, 0.25) is 0 Å². The zero-order valence-corrected chi connectivity index (χ0v) is 9.43. The summed E-state index contributed by atoms with van der Waals surface area (Å²) in [7, 11) is 0. The Morgan fingerprint density at radius 3 is 2.07 bits per heavy atom. The molecule has 0 aromatic rings. The molecule has 0 heterocycles. The van der Waals surface area contributed by atoms with Gasteiger partial charge in [-0.2, -0.15) is 5.26 Å². The van der Waals surface area contributed by atoms with Gasteiger partial charge in [-0.25, -0.2) is 0 Å². The molecule has 0 N–H and O–H groups in total. The van der Waals surface area contributed by atoms with E-state index in [4.69, 9.17) is 10.00 Å². The molecule has 0 spiro atoms. The first kappa shape index (κ1) is 13.4. The highest BCUT2D eigenvalue weighted by Crippen LogP contribution is 2.08. The number of unbranched alkanes of at least 4 members (excludes halogenated alkanes) is 7. The zero-order chi connectivity index (χ0) is 10.5.